The van der Waals surface area contributed by atoms with Crippen LogP contribution in [0.5, 0.6) is 0 Å². The Morgan fingerprint density at radius 1 is 0.815 bits per heavy atom. The molecule has 3 rings (SSSR count). The summed E-state index contributed by atoms with van der Waals surface area (Å²) in [6.45, 7) is 8.60. The number of rotatable bonds is 4. The van der Waals surface area contributed by atoms with E-state index in [0.29, 0.717) is 5.56 Å². The van der Waals surface area contributed by atoms with Crippen LogP contribution in [0.2, 0.25) is 0 Å². The van der Waals surface area contributed by atoms with Gasteiger partial charge in [0.25, 0.3) is 5.91 Å². The Bertz CT molecular complexity index is 905. The van der Waals surface area contributed by atoms with Gasteiger partial charge in [0.15, 0.2) is 0 Å². The van der Waals surface area contributed by atoms with Crippen LogP contribution < -0.4 is 5.32 Å². The van der Waals surface area contributed by atoms with Gasteiger partial charge < -0.3 is 5.32 Å². The van der Waals surface area contributed by atoms with Crippen molar-refractivity contribution in [3.05, 3.63) is 107 Å². The van der Waals surface area contributed by atoms with Crippen molar-refractivity contribution in [3.8, 4) is 0 Å². The van der Waals surface area contributed by atoms with Crippen molar-refractivity contribution < 1.29 is 4.79 Å². The number of carbonyl (C=O) groups is 1. The number of carbonyl (C=O) groups excluding carboxylic acids is 1. The lowest BCUT2D eigenvalue weighted by Gasteiger charge is -2.22. The zero-order valence-corrected chi connectivity index (χ0v) is 16.5. The maximum absolute atomic E-state index is 13.0. The van der Waals surface area contributed by atoms with Gasteiger partial charge in [-0.25, -0.2) is 0 Å². The number of aryl methyl sites for hydroxylation is 1. The minimum Gasteiger partial charge on any atom is -0.341 e. The first-order valence-corrected chi connectivity index (χ1v) is 9.38. The molecule has 0 aromatic heterocycles. The predicted molar refractivity (Wildman–Crippen MR) is 112 cm³/mol. The average molecular weight is 357 g/mol. The molecule has 27 heavy (non-hydrogen) atoms. The molecule has 0 unspecified atom stereocenters. The summed E-state index contributed by atoms with van der Waals surface area (Å²) in [4.78, 5) is 13.0. The van der Waals surface area contributed by atoms with Crippen molar-refractivity contribution in [1.82, 2.24) is 5.32 Å². The van der Waals surface area contributed by atoms with Crippen LogP contribution in [0.3, 0.4) is 0 Å². The van der Waals surface area contributed by atoms with Crippen molar-refractivity contribution in [3.63, 3.8) is 0 Å². The minimum atomic E-state index is -0.179. The van der Waals surface area contributed by atoms with Gasteiger partial charge in [-0.1, -0.05) is 87.5 Å². The fourth-order valence-corrected chi connectivity index (χ4v) is 3.23. The van der Waals surface area contributed by atoms with E-state index < -0.39 is 0 Å². The molecule has 0 saturated heterocycles. The van der Waals surface area contributed by atoms with Crippen molar-refractivity contribution >= 4 is 5.91 Å². The Kier molecular flexibility index (Phi) is 5.46. The SMILES string of the molecule is Cc1ccccc1[C@H](NC(=O)c1ccc(C(C)(C)C)cc1)c1ccccc1. The first-order valence-electron chi connectivity index (χ1n) is 9.38. The van der Waals surface area contributed by atoms with Crippen LogP contribution in [0.1, 0.15) is 59.4 Å². The second-order valence-electron chi connectivity index (χ2n) is 8.00. The average Bonchev–Trinajstić information content (AvgIpc) is 2.67. The lowest BCUT2D eigenvalue weighted by atomic mass is 9.86. The van der Waals surface area contributed by atoms with Crippen LogP contribution in [0.25, 0.3) is 0 Å². The third-order valence-corrected chi connectivity index (χ3v) is 4.92. The molecular weight excluding hydrogens is 330 g/mol. The van der Waals surface area contributed by atoms with E-state index in [2.05, 4.69) is 57.3 Å². The largest absolute Gasteiger partial charge is 0.341 e. The molecule has 1 N–H and O–H groups in total. The summed E-state index contributed by atoms with van der Waals surface area (Å²) in [5.74, 6) is -0.0624. The van der Waals surface area contributed by atoms with E-state index in [1.807, 2.05) is 54.6 Å². The van der Waals surface area contributed by atoms with E-state index in [4.69, 9.17) is 0 Å². The first kappa shape index (κ1) is 18.9. The number of amides is 1. The van der Waals surface area contributed by atoms with Crippen molar-refractivity contribution in [2.24, 2.45) is 0 Å². The molecule has 3 aromatic rings. The second kappa shape index (κ2) is 7.79. The lowest BCUT2D eigenvalue weighted by Crippen LogP contribution is -2.29. The van der Waals surface area contributed by atoms with Crippen molar-refractivity contribution in [2.45, 2.75) is 39.2 Å². The zero-order chi connectivity index (χ0) is 19.4. The fourth-order valence-electron chi connectivity index (χ4n) is 3.23. The molecule has 138 valence electrons. The second-order valence-corrected chi connectivity index (χ2v) is 8.00. The third kappa shape index (κ3) is 4.46. The predicted octanol–water partition coefficient (Wildman–Crippen LogP) is 5.81. The quantitative estimate of drug-likeness (QED) is 0.627. The van der Waals surface area contributed by atoms with E-state index in [9.17, 15) is 4.79 Å². The molecule has 0 spiro atoms. The van der Waals surface area contributed by atoms with E-state index in [1.54, 1.807) is 0 Å². The lowest BCUT2D eigenvalue weighted by molar-refractivity contribution is 0.0943. The molecule has 3 aromatic carbocycles. The van der Waals surface area contributed by atoms with Gasteiger partial charge >= 0.3 is 0 Å². The van der Waals surface area contributed by atoms with Gasteiger partial charge in [-0.05, 0) is 46.7 Å². The van der Waals surface area contributed by atoms with E-state index in [1.165, 1.54) is 5.56 Å². The molecule has 1 atom stereocenters. The Hall–Kier alpha value is -2.87. The van der Waals surface area contributed by atoms with Crippen LogP contribution in [-0.4, -0.2) is 5.91 Å². The summed E-state index contributed by atoms with van der Waals surface area (Å²) in [5.41, 5.74) is 5.32. The molecule has 1 amide bonds. The molecular formula is C25H27NO. The molecule has 0 saturated carbocycles. The van der Waals surface area contributed by atoms with E-state index >= 15 is 0 Å². The zero-order valence-electron chi connectivity index (χ0n) is 16.5. The monoisotopic (exact) mass is 357 g/mol. The van der Waals surface area contributed by atoms with E-state index in [-0.39, 0.29) is 17.4 Å². The highest BCUT2D eigenvalue weighted by Crippen LogP contribution is 2.26. The van der Waals surface area contributed by atoms with Crippen LogP contribution in [0, 0.1) is 6.92 Å². The maximum atomic E-state index is 13.0. The molecule has 2 heteroatoms. The number of benzene rings is 3. The van der Waals surface area contributed by atoms with Gasteiger partial charge in [0.2, 0.25) is 0 Å². The highest BCUT2D eigenvalue weighted by Gasteiger charge is 2.20. The number of nitrogens with one attached hydrogen (secondary N) is 1. The van der Waals surface area contributed by atoms with Crippen molar-refractivity contribution in [2.75, 3.05) is 0 Å². The van der Waals surface area contributed by atoms with Gasteiger partial charge in [-0.15, -0.1) is 0 Å². The normalized spacial score (nSPS) is 12.4. The molecule has 0 fully saturated rings. The Morgan fingerprint density at radius 2 is 1.41 bits per heavy atom. The Morgan fingerprint density at radius 3 is 2.00 bits per heavy atom. The summed E-state index contributed by atoms with van der Waals surface area (Å²) >= 11 is 0. The van der Waals surface area contributed by atoms with Gasteiger partial charge in [-0.2, -0.15) is 0 Å². The van der Waals surface area contributed by atoms with E-state index in [0.717, 1.165) is 16.7 Å². The Labute approximate surface area is 162 Å². The molecule has 0 heterocycles. The Balaban J connectivity index is 1.91. The third-order valence-electron chi connectivity index (χ3n) is 4.92. The van der Waals surface area contributed by atoms with Crippen LogP contribution in [-0.2, 0) is 5.41 Å². The summed E-state index contributed by atoms with van der Waals surface area (Å²) in [7, 11) is 0. The van der Waals surface area contributed by atoms with Crippen molar-refractivity contribution in [1.29, 1.82) is 0 Å². The molecule has 0 radical (unpaired) electrons. The molecule has 2 nitrogen and oxygen atoms in total. The van der Waals surface area contributed by atoms with Gasteiger partial charge in [0.05, 0.1) is 6.04 Å². The van der Waals surface area contributed by atoms with Crippen LogP contribution in [0.15, 0.2) is 78.9 Å². The summed E-state index contributed by atoms with van der Waals surface area (Å²) in [6, 6.07) is 26.0. The number of hydrogen-bond donors (Lipinski definition) is 1. The van der Waals surface area contributed by atoms with Crippen LogP contribution in [0.4, 0.5) is 0 Å². The fraction of sp³-hybridized carbons (Fsp3) is 0.240. The molecule has 0 aliphatic heterocycles. The smallest absolute Gasteiger partial charge is 0.252 e. The standard InChI is InChI=1S/C25H27NO/c1-18-10-8-9-13-22(18)23(19-11-6-5-7-12-19)26-24(27)20-14-16-21(17-15-20)25(2,3)4/h5-17,23H,1-4H3,(H,26,27)/t23-/m1/s1. The highest BCUT2D eigenvalue weighted by atomic mass is 16.1. The minimum absolute atomic E-state index is 0.0624. The summed E-state index contributed by atoms with van der Waals surface area (Å²) in [5, 5.41) is 3.23. The molecule has 0 bridgehead atoms. The summed E-state index contributed by atoms with van der Waals surface area (Å²) in [6.07, 6.45) is 0. The summed E-state index contributed by atoms with van der Waals surface area (Å²) < 4.78 is 0. The highest BCUT2D eigenvalue weighted by molar-refractivity contribution is 5.94. The van der Waals surface area contributed by atoms with Gasteiger partial charge in [-0.3, -0.25) is 4.79 Å². The maximum Gasteiger partial charge on any atom is 0.252 e. The molecule has 0 aliphatic rings. The van der Waals surface area contributed by atoms with Gasteiger partial charge in [0.1, 0.15) is 0 Å². The van der Waals surface area contributed by atoms with Gasteiger partial charge in [0, 0.05) is 5.56 Å². The molecule has 0 aliphatic carbocycles. The first-order chi connectivity index (χ1) is 12.9. The topological polar surface area (TPSA) is 29.1 Å². The van der Waals surface area contributed by atoms with Crippen LogP contribution >= 0.6 is 0 Å². The number of hydrogen-bond acceptors (Lipinski definition) is 1.